The van der Waals surface area contributed by atoms with Crippen molar-refractivity contribution >= 4 is 0 Å². The zero-order valence-corrected chi connectivity index (χ0v) is 24.4. The Balaban J connectivity index is 0. The Hall–Kier alpha value is -0.780. The summed E-state index contributed by atoms with van der Waals surface area (Å²) in [7, 11) is 0. The van der Waals surface area contributed by atoms with Gasteiger partial charge >= 0.3 is 0 Å². The molecule has 1 aromatic rings. The molecule has 0 bridgehead atoms. The molecule has 0 amide bonds. The highest BCUT2D eigenvalue weighted by Crippen LogP contribution is 2.12. The van der Waals surface area contributed by atoms with Gasteiger partial charge in [-0.25, -0.2) is 0 Å². The van der Waals surface area contributed by atoms with Crippen LogP contribution in [-0.2, 0) is 0 Å². The van der Waals surface area contributed by atoms with Crippen LogP contribution in [0.25, 0.3) is 0 Å². The van der Waals surface area contributed by atoms with Crippen LogP contribution < -0.4 is 0 Å². The lowest BCUT2D eigenvalue weighted by Gasteiger charge is -2.02. The lowest BCUT2D eigenvalue weighted by molar-refractivity contribution is 0.538. The maximum Gasteiger partial charge on any atom is -0.0398 e. The highest BCUT2D eigenvalue weighted by Gasteiger charge is 1.93. The van der Waals surface area contributed by atoms with E-state index in [9.17, 15) is 0 Å². The van der Waals surface area contributed by atoms with Gasteiger partial charge in [0.2, 0.25) is 0 Å². The monoisotopic (exact) mass is 461 g/mol. The molecule has 0 N–H and O–H groups in total. The quantitative estimate of drug-likeness (QED) is 0.191. The van der Waals surface area contributed by atoms with Crippen LogP contribution >= 0.6 is 0 Å². The molecular weight excluding hydrogens is 396 g/mol. The minimum atomic E-state index is 1.35. The molecule has 0 aromatic heterocycles. The maximum absolute atomic E-state index is 2.29. The average Bonchev–Trinajstić information content (AvgIpc) is 2.77. The molecule has 0 radical (unpaired) electrons. The molecule has 0 aliphatic carbocycles. The zero-order valence-electron chi connectivity index (χ0n) is 24.4. The predicted octanol–water partition coefficient (Wildman–Crippen LogP) is 12.5. The topological polar surface area (TPSA) is 0 Å². The fourth-order valence-electron chi connectivity index (χ4n) is 4.32. The first-order valence-corrected chi connectivity index (χ1v) is 15.1. The number of unbranched alkanes of at least 4 members (excludes halogenated alkanes) is 18. The molecule has 1 aromatic carbocycles. The largest absolute Gasteiger partial charge is 0.0654 e. The van der Waals surface area contributed by atoms with Crippen molar-refractivity contribution in [1.29, 1.82) is 0 Å². The van der Waals surface area contributed by atoms with Gasteiger partial charge in [0.05, 0.1) is 0 Å². The molecule has 1 rings (SSSR count). The van der Waals surface area contributed by atoms with Crippen molar-refractivity contribution in [3.63, 3.8) is 0 Å². The van der Waals surface area contributed by atoms with Crippen molar-refractivity contribution in [2.75, 3.05) is 0 Å². The Kier molecular flexibility index (Phi) is 30.5. The van der Waals surface area contributed by atoms with Crippen LogP contribution in [0.5, 0.6) is 0 Å². The van der Waals surface area contributed by atoms with E-state index in [2.05, 4.69) is 66.7 Å². The first-order valence-electron chi connectivity index (χ1n) is 15.1. The Labute approximate surface area is 211 Å². The van der Waals surface area contributed by atoms with Gasteiger partial charge in [-0.2, -0.15) is 0 Å². The van der Waals surface area contributed by atoms with Crippen molar-refractivity contribution in [2.24, 2.45) is 0 Å². The zero-order chi connectivity index (χ0) is 25.0. The predicted molar refractivity (Wildman–Crippen MR) is 156 cm³/mol. The number of aryl methyl sites for hydroxylation is 3. The van der Waals surface area contributed by atoms with Gasteiger partial charge in [-0.1, -0.05) is 191 Å². The molecule has 0 aliphatic rings. The lowest BCUT2D eigenvalue weighted by Crippen LogP contribution is -1.82. The summed E-state index contributed by atoms with van der Waals surface area (Å²) in [6.07, 6.45) is 28.9. The van der Waals surface area contributed by atoms with Crippen LogP contribution in [0.4, 0.5) is 0 Å². The molecule has 196 valence electrons. The molecular formula is C33H64. The van der Waals surface area contributed by atoms with E-state index in [-0.39, 0.29) is 0 Å². The molecule has 0 atom stereocenters. The van der Waals surface area contributed by atoms with E-state index in [0.717, 1.165) is 0 Å². The summed E-state index contributed by atoms with van der Waals surface area (Å²) < 4.78 is 0. The van der Waals surface area contributed by atoms with Crippen molar-refractivity contribution < 1.29 is 0 Å². The van der Waals surface area contributed by atoms with Crippen LogP contribution in [0.1, 0.15) is 173 Å². The van der Waals surface area contributed by atoms with Crippen LogP contribution in [0.2, 0.25) is 0 Å². The van der Waals surface area contributed by atoms with E-state index in [1.54, 1.807) is 0 Å². The summed E-state index contributed by atoms with van der Waals surface area (Å²) in [4.78, 5) is 0. The fraction of sp³-hybridized carbons (Fsp3) is 0.818. The third-order valence-corrected chi connectivity index (χ3v) is 6.28. The van der Waals surface area contributed by atoms with Gasteiger partial charge in [0.25, 0.3) is 0 Å². The van der Waals surface area contributed by atoms with Crippen LogP contribution in [0.3, 0.4) is 0 Å². The van der Waals surface area contributed by atoms with E-state index in [1.165, 1.54) is 145 Å². The van der Waals surface area contributed by atoms with Crippen LogP contribution in [0, 0.1) is 20.8 Å². The molecule has 0 aliphatic heterocycles. The molecule has 33 heavy (non-hydrogen) atoms. The second-order valence-corrected chi connectivity index (χ2v) is 10.3. The summed E-state index contributed by atoms with van der Waals surface area (Å²) in [6.45, 7) is 15.5. The van der Waals surface area contributed by atoms with Crippen molar-refractivity contribution in [2.45, 2.75) is 177 Å². The number of benzene rings is 1. The second-order valence-electron chi connectivity index (χ2n) is 10.3. The smallest absolute Gasteiger partial charge is 0.0398 e. The second kappa shape index (κ2) is 29.3. The SMILES string of the molecule is CCCCCCCC.CCCCCCCCCCCCCCCC.Cc1cc(C)cc(C)c1. The first kappa shape index (κ1) is 34.4. The molecule has 0 nitrogen and oxygen atoms in total. The third kappa shape index (κ3) is 31.2. The van der Waals surface area contributed by atoms with Crippen molar-refractivity contribution in [1.82, 2.24) is 0 Å². The van der Waals surface area contributed by atoms with E-state index < -0.39 is 0 Å². The minimum absolute atomic E-state index is 1.35. The Morgan fingerprint density at radius 1 is 0.303 bits per heavy atom. The van der Waals surface area contributed by atoms with Crippen molar-refractivity contribution in [3.8, 4) is 0 Å². The summed E-state index contributed by atoms with van der Waals surface area (Å²) >= 11 is 0. The van der Waals surface area contributed by atoms with Crippen LogP contribution in [-0.4, -0.2) is 0 Å². The number of rotatable bonds is 18. The first-order chi connectivity index (χ1) is 16.0. The van der Waals surface area contributed by atoms with Gasteiger partial charge in [-0.15, -0.1) is 0 Å². The molecule has 0 heterocycles. The normalized spacial score (nSPS) is 10.3. The van der Waals surface area contributed by atoms with E-state index >= 15 is 0 Å². The highest BCUT2D eigenvalue weighted by atomic mass is 14.0. The molecule has 0 saturated heterocycles. The van der Waals surface area contributed by atoms with Crippen molar-refractivity contribution in [3.05, 3.63) is 34.9 Å². The Morgan fingerprint density at radius 2 is 0.455 bits per heavy atom. The third-order valence-electron chi connectivity index (χ3n) is 6.28. The van der Waals surface area contributed by atoms with Gasteiger partial charge in [0.1, 0.15) is 0 Å². The van der Waals surface area contributed by atoms with Gasteiger partial charge < -0.3 is 0 Å². The lowest BCUT2D eigenvalue weighted by atomic mass is 10.0. The standard InChI is InChI=1S/C16H34.C9H12.C8H18/c1-3-5-7-9-11-13-15-16-14-12-10-8-6-4-2;1-7-4-8(2)6-9(3)5-7;1-3-5-7-8-6-4-2/h3-16H2,1-2H3;4-6H,1-3H3;3-8H2,1-2H3. The molecule has 0 fully saturated rings. The molecule has 0 unspecified atom stereocenters. The van der Waals surface area contributed by atoms with E-state index in [0.29, 0.717) is 0 Å². The van der Waals surface area contributed by atoms with Gasteiger partial charge in [-0.3, -0.25) is 0 Å². The Bertz CT molecular complexity index is 402. The van der Waals surface area contributed by atoms with E-state index in [4.69, 9.17) is 0 Å². The Morgan fingerprint density at radius 3 is 0.606 bits per heavy atom. The average molecular weight is 461 g/mol. The summed E-state index contributed by atoms with van der Waals surface area (Å²) in [5.74, 6) is 0. The number of hydrogen-bond donors (Lipinski definition) is 0. The minimum Gasteiger partial charge on any atom is -0.0654 e. The van der Waals surface area contributed by atoms with E-state index in [1.807, 2.05) is 0 Å². The molecule has 0 heteroatoms. The van der Waals surface area contributed by atoms with Gasteiger partial charge in [0.15, 0.2) is 0 Å². The maximum atomic E-state index is 2.29. The molecule has 0 spiro atoms. The van der Waals surface area contributed by atoms with Crippen LogP contribution in [0.15, 0.2) is 18.2 Å². The fourth-order valence-corrected chi connectivity index (χ4v) is 4.32. The van der Waals surface area contributed by atoms with Gasteiger partial charge in [0, 0.05) is 0 Å². The number of hydrogen-bond acceptors (Lipinski definition) is 0. The summed E-state index contributed by atoms with van der Waals surface area (Å²) in [5, 5.41) is 0. The molecule has 0 saturated carbocycles. The highest BCUT2D eigenvalue weighted by molar-refractivity contribution is 5.27. The summed E-state index contributed by atoms with van der Waals surface area (Å²) in [5.41, 5.74) is 4.06. The van der Waals surface area contributed by atoms with Gasteiger partial charge in [-0.05, 0) is 20.8 Å². The summed E-state index contributed by atoms with van der Waals surface area (Å²) in [6, 6.07) is 6.56.